The van der Waals surface area contributed by atoms with Crippen LogP contribution in [0.1, 0.15) is 5.56 Å². The third-order valence-electron chi connectivity index (χ3n) is 12.4. The van der Waals surface area contributed by atoms with Crippen LogP contribution in [0.3, 0.4) is 0 Å². The predicted molar refractivity (Wildman–Crippen MR) is 212 cm³/mol. The number of aliphatic hydroxyl groups is 9. The van der Waals surface area contributed by atoms with E-state index in [-0.39, 0.29) is 22.3 Å². The number of hydrogen-bond donors (Lipinski definition) is 12. The summed E-state index contributed by atoms with van der Waals surface area (Å²) in [5.74, 6) is -16.7. The van der Waals surface area contributed by atoms with Crippen molar-refractivity contribution in [2.45, 2.75) is 0 Å². The molecule has 14 nitrogen and oxygen atoms in total. The molecule has 0 amide bonds. The molecule has 2 radical (unpaired) electrons. The summed E-state index contributed by atoms with van der Waals surface area (Å²) in [5, 5.41) is 140. The van der Waals surface area contributed by atoms with Crippen molar-refractivity contribution in [1.82, 2.24) is 0 Å². The molecule has 0 spiro atoms. The van der Waals surface area contributed by atoms with Gasteiger partial charge in [0.15, 0.2) is 51.8 Å². The van der Waals surface area contributed by atoms with E-state index in [4.69, 9.17) is 16.7 Å². The molecule has 0 saturated heterocycles. The minimum absolute atomic E-state index is 0.105. The number of furan rings is 2. The normalized spacial score (nSPS) is 19.9. The summed E-state index contributed by atoms with van der Waals surface area (Å²) in [4.78, 5) is 0. The second kappa shape index (κ2) is 10.2. The van der Waals surface area contributed by atoms with Crippen molar-refractivity contribution in [3.63, 3.8) is 0 Å². The molecule has 2 heterocycles. The van der Waals surface area contributed by atoms with Gasteiger partial charge in [-0.3, -0.25) is 0 Å². The number of hydrogen-bond acceptors (Lipinski definition) is 14. The van der Waals surface area contributed by atoms with Crippen LogP contribution in [0.25, 0.3) is 76.9 Å². The maximum atomic E-state index is 12.0. The van der Waals surface area contributed by atoms with E-state index in [1.54, 1.807) is 18.2 Å². The van der Waals surface area contributed by atoms with Crippen molar-refractivity contribution in [1.29, 1.82) is 0 Å². The second-order valence-corrected chi connectivity index (χ2v) is 15.0. The molecule has 5 aliphatic carbocycles. The van der Waals surface area contributed by atoms with Gasteiger partial charge in [0.2, 0.25) is 5.76 Å². The Morgan fingerprint density at radius 1 is 0.407 bits per heavy atom. The highest BCUT2D eigenvalue weighted by Crippen LogP contribution is 2.57. The largest absolute Gasteiger partial charge is 0.508 e. The first kappa shape index (κ1) is 33.0. The van der Waals surface area contributed by atoms with E-state index in [0.717, 1.165) is 27.1 Å². The SMILES string of the molecule is [B]c1c(O)c(O)c2c(c1O)=C(C1=C(O)C(O)=C(O)C3=C(O)C(O)=C(O)C31)C1C(O)=C(O)C(O)=C1C=2c1ccc2c3c1oc1ccc4ccc5oc6cccc-2c6c5c4c13. The molecule has 7 aromatic rings. The molecule has 12 rings (SSSR count). The van der Waals surface area contributed by atoms with Gasteiger partial charge in [-0.2, -0.15) is 0 Å². The van der Waals surface area contributed by atoms with Gasteiger partial charge in [0.25, 0.3) is 0 Å². The monoisotopic (exact) mass is 786 g/mol. The summed E-state index contributed by atoms with van der Waals surface area (Å²) in [6, 6.07) is 16.5. The molecule has 2 atom stereocenters. The van der Waals surface area contributed by atoms with Crippen LogP contribution in [0.5, 0.6) is 17.2 Å². The third kappa shape index (κ3) is 3.48. The molecule has 0 saturated carbocycles. The fourth-order valence-electron chi connectivity index (χ4n) is 9.99. The summed E-state index contributed by atoms with van der Waals surface area (Å²) >= 11 is 0. The van der Waals surface area contributed by atoms with Gasteiger partial charge in [0, 0.05) is 59.7 Å². The average molecular weight is 786 g/mol. The number of phenolic OH excluding ortho intramolecular Hbond substituents is 3. The standard InChI is InChI=1S/C44H23BO14/c45-31-32(46)26-23(28-29-30(38(52)42(56)36(28)50)39(53)43(57)37(29)51)27-25(34(48)41(55)35(27)49)19(24(26)33(47)40(31)54)13-7-6-12-11-2-1-3-14-18(11)21-15(58-14)8-4-10-5-9-16-22(17(10)21)20(12)44(13)59-16/h1-9,27,29,46-57H. The first-order valence-electron chi connectivity index (χ1n) is 18.0. The zero-order valence-electron chi connectivity index (χ0n) is 29.6. The molecule has 12 N–H and O–H groups in total. The summed E-state index contributed by atoms with van der Waals surface area (Å²) in [5.41, 5.74) is 0.167. The van der Waals surface area contributed by atoms with Crippen LogP contribution in [0, 0.1) is 11.8 Å². The molecule has 59 heavy (non-hydrogen) atoms. The van der Waals surface area contributed by atoms with E-state index in [1.807, 2.05) is 36.4 Å². The van der Waals surface area contributed by atoms with E-state index in [0.29, 0.717) is 33.1 Å². The first-order valence-corrected chi connectivity index (χ1v) is 18.0. The van der Waals surface area contributed by atoms with Crippen LogP contribution < -0.4 is 15.9 Å². The van der Waals surface area contributed by atoms with Crippen LogP contribution in [-0.2, 0) is 0 Å². The molecule has 15 heteroatoms. The highest BCUT2D eigenvalue weighted by Gasteiger charge is 2.52. The molecule has 0 bridgehead atoms. The van der Waals surface area contributed by atoms with E-state index in [9.17, 15) is 61.3 Å². The number of fused-ring (bicyclic) bond motifs is 4. The summed E-state index contributed by atoms with van der Waals surface area (Å²) in [6.45, 7) is 0. The van der Waals surface area contributed by atoms with Crippen LogP contribution in [0.15, 0.2) is 132 Å². The molecule has 0 fully saturated rings. The number of rotatable bonds is 2. The average Bonchev–Trinajstić information content (AvgIpc) is 3.91. The highest BCUT2D eigenvalue weighted by atomic mass is 16.4. The quantitative estimate of drug-likeness (QED) is 0.0501. The van der Waals surface area contributed by atoms with Gasteiger partial charge in [-0.1, -0.05) is 30.3 Å². The Hall–Kier alpha value is -8.20. The van der Waals surface area contributed by atoms with Gasteiger partial charge in [-0.15, -0.1) is 0 Å². The Morgan fingerprint density at radius 2 is 0.983 bits per heavy atom. The van der Waals surface area contributed by atoms with Gasteiger partial charge >= 0.3 is 0 Å². The van der Waals surface area contributed by atoms with Gasteiger partial charge in [0.1, 0.15) is 41.7 Å². The number of phenols is 3. The summed E-state index contributed by atoms with van der Waals surface area (Å²) < 4.78 is 13.0. The topological polar surface area (TPSA) is 269 Å². The Bertz CT molecular complexity index is 3700. The summed E-state index contributed by atoms with van der Waals surface area (Å²) in [7, 11) is 6.15. The lowest BCUT2D eigenvalue weighted by atomic mass is 9.69. The Labute approximate surface area is 327 Å². The molecule has 2 unspecified atom stereocenters. The third-order valence-corrected chi connectivity index (χ3v) is 12.4. The Morgan fingerprint density at radius 3 is 1.69 bits per heavy atom. The Kier molecular flexibility index (Phi) is 5.71. The maximum Gasteiger partial charge on any atom is 0.201 e. The molecular formula is C44H23BO14. The molecule has 2 aromatic heterocycles. The molecule has 5 aromatic carbocycles. The van der Waals surface area contributed by atoms with Gasteiger partial charge < -0.3 is 70.1 Å². The molecule has 286 valence electrons. The van der Waals surface area contributed by atoms with E-state index < -0.39 is 114 Å². The van der Waals surface area contributed by atoms with Gasteiger partial charge in [0.05, 0.1) is 17.4 Å². The number of benzene rings is 5. The van der Waals surface area contributed by atoms with E-state index >= 15 is 0 Å². The van der Waals surface area contributed by atoms with Crippen molar-refractivity contribution in [3.05, 3.63) is 139 Å². The fraction of sp³-hybridized carbons (Fsp3) is 0.0455. The van der Waals surface area contributed by atoms with Crippen molar-refractivity contribution >= 4 is 79.1 Å². The van der Waals surface area contributed by atoms with Crippen LogP contribution >= 0.6 is 0 Å². The Balaban J connectivity index is 1.32. The molecule has 5 aliphatic rings. The van der Waals surface area contributed by atoms with Crippen molar-refractivity contribution in [3.8, 4) is 28.4 Å². The van der Waals surface area contributed by atoms with Crippen LogP contribution in [0.2, 0.25) is 0 Å². The zero-order chi connectivity index (χ0) is 41.0. The van der Waals surface area contributed by atoms with Crippen molar-refractivity contribution in [2.24, 2.45) is 11.8 Å². The van der Waals surface area contributed by atoms with Gasteiger partial charge in [-0.25, -0.2) is 0 Å². The second-order valence-electron chi connectivity index (χ2n) is 15.0. The van der Waals surface area contributed by atoms with Crippen molar-refractivity contribution in [2.75, 3.05) is 0 Å². The fourth-order valence-corrected chi connectivity index (χ4v) is 9.99. The summed E-state index contributed by atoms with van der Waals surface area (Å²) in [6.07, 6.45) is 0. The van der Waals surface area contributed by atoms with Gasteiger partial charge in [-0.05, 0) is 51.8 Å². The molecular weight excluding hydrogens is 763 g/mol. The van der Waals surface area contributed by atoms with Crippen LogP contribution in [-0.4, -0.2) is 69.1 Å². The lowest BCUT2D eigenvalue weighted by Gasteiger charge is -2.33. The number of aromatic hydroxyl groups is 3. The highest BCUT2D eigenvalue weighted by molar-refractivity contribution is 6.38. The van der Waals surface area contributed by atoms with E-state index in [2.05, 4.69) is 0 Å². The lowest BCUT2D eigenvalue weighted by Crippen LogP contribution is -2.42. The minimum atomic E-state index is -1.92. The number of allylic oxidation sites excluding steroid dienone is 3. The first-order chi connectivity index (χ1) is 28.2. The number of aliphatic hydroxyl groups excluding tert-OH is 9. The smallest absolute Gasteiger partial charge is 0.201 e. The van der Waals surface area contributed by atoms with E-state index in [1.165, 1.54) is 0 Å². The van der Waals surface area contributed by atoms with Crippen LogP contribution in [0.4, 0.5) is 0 Å². The molecule has 0 aliphatic heterocycles. The minimum Gasteiger partial charge on any atom is -0.508 e. The maximum absolute atomic E-state index is 12.0. The van der Waals surface area contributed by atoms with Crippen molar-refractivity contribution < 1.29 is 70.1 Å². The lowest BCUT2D eigenvalue weighted by molar-refractivity contribution is 0.261. The predicted octanol–water partition coefficient (Wildman–Crippen LogP) is 6.59. The zero-order valence-corrected chi connectivity index (χ0v) is 29.6.